The molecular formula is C11H7BN6OS. The molecule has 20 heavy (non-hydrogen) atoms. The first-order chi connectivity index (χ1) is 9.74. The van der Waals surface area contributed by atoms with Crippen LogP contribution in [-0.4, -0.2) is 38.9 Å². The highest BCUT2D eigenvalue weighted by Gasteiger charge is 2.15. The highest BCUT2D eigenvalue weighted by Crippen LogP contribution is 2.21. The molecule has 2 N–H and O–H groups in total. The number of nitrogens with one attached hydrogen (secondary N) is 2. The molecule has 3 aromatic heterocycles. The number of nitrogens with zero attached hydrogens (tertiary/aromatic N) is 4. The van der Waals surface area contributed by atoms with Gasteiger partial charge in [-0.25, -0.2) is 15.0 Å². The van der Waals surface area contributed by atoms with Gasteiger partial charge in [0.25, 0.3) is 5.91 Å². The number of carbonyl (C=O) groups excluding carboxylic acids is 1. The van der Waals surface area contributed by atoms with Crippen molar-refractivity contribution in [2.45, 2.75) is 0 Å². The van der Waals surface area contributed by atoms with E-state index in [9.17, 15) is 4.79 Å². The van der Waals surface area contributed by atoms with E-state index in [2.05, 4.69) is 30.5 Å². The Kier molecular flexibility index (Phi) is 3.26. The second-order valence-corrected chi connectivity index (χ2v) is 4.65. The molecule has 2 radical (unpaired) electrons. The van der Waals surface area contributed by atoms with E-state index in [0.29, 0.717) is 22.1 Å². The van der Waals surface area contributed by atoms with Gasteiger partial charge in [-0.15, -0.1) is 11.3 Å². The Morgan fingerprint density at radius 3 is 2.85 bits per heavy atom. The van der Waals surface area contributed by atoms with Gasteiger partial charge in [-0.2, -0.15) is 5.10 Å². The van der Waals surface area contributed by atoms with E-state index in [-0.39, 0.29) is 11.6 Å². The molecule has 3 heterocycles. The summed E-state index contributed by atoms with van der Waals surface area (Å²) in [6, 6.07) is 1.70. The largest absolute Gasteiger partial charge is 0.317 e. The maximum atomic E-state index is 12.0. The summed E-state index contributed by atoms with van der Waals surface area (Å²) >= 11 is 1.20. The molecule has 0 unspecified atom stereocenters. The first-order valence-corrected chi connectivity index (χ1v) is 6.45. The number of rotatable bonds is 3. The number of H-pyrrole nitrogens is 1. The molecule has 0 bridgehead atoms. The highest BCUT2D eigenvalue weighted by molar-refractivity contribution is 7.17. The first-order valence-electron chi connectivity index (χ1n) is 5.57. The van der Waals surface area contributed by atoms with Gasteiger partial charge in [-0.05, 0) is 6.07 Å². The van der Waals surface area contributed by atoms with Gasteiger partial charge in [0.15, 0.2) is 13.7 Å². The van der Waals surface area contributed by atoms with E-state index >= 15 is 0 Å². The Hall–Kier alpha value is -2.55. The van der Waals surface area contributed by atoms with Crippen molar-refractivity contribution in [3.63, 3.8) is 0 Å². The number of hydrogen-bond donors (Lipinski definition) is 2. The SMILES string of the molecule is [B]c1nc(C(=O)Nc2cn[nH]c2-c2ncccn2)cs1. The van der Waals surface area contributed by atoms with Gasteiger partial charge in [0, 0.05) is 22.7 Å². The lowest BCUT2D eigenvalue weighted by Gasteiger charge is -2.02. The molecule has 9 heteroatoms. The molecule has 0 saturated heterocycles. The van der Waals surface area contributed by atoms with Crippen LogP contribution in [0.15, 0.2) is 30.0 Å². The number of aromatic amines is 1. The summed E-state index contributed by atoms with van der Waals surface area (Å²) in [6.07, 6.45) is 4.70. The zero-order valence-electron chi connectivity index (χ0n) is 10.1. The summed E-state index contributed by atoms with van der Waals surface area (Å²) in [4.78, 5) is 24.5. The van der Waals surface area contributed by atoms with Gasteiger partial charge < -0.3 is 5.32 Å². The molecule has 0 aromatic carbocycles. The fourth-order valence-corrected chi connectivity index (χ4v) is 2.10. The molecule has 0 spiro atoms. The Morgan fingerprint density at radius 2 is 2.15 bits per heavy atom. The summed E-state index contributed by atoms with van der Waals surface area (Å²) in [5, 5.41) is 10.9. The Morgan fingerprint density at radius 1 is 1.35 bits per heavy atom. The third-order valence-corrected chi connectivity index (χ3v) is 3.11. The maximum absolute atomic E-state index is 12.0. The fourth-order valence-electron chi connectivity index (χ4n) is 1.56. The second-order valence-electron chi connectivity index (χ2n) is 3.76. The predicted octanol–water partition coefficient (Wildman–Crippen LogP) is 0.369. The molecule has 7 nitrogen and oxygen atoms in total. The molecule has 0 atom stereocenters. The van der Waals surface area contributed by atoms with E-state index in [4.69, 9.17) is 7.85 Å². The average Bonchev–Trinajstić information content (AvgIpc) is 3.09. The third kappa shape index (κ3) is 2.43. The van der Waals surface area contributed by atoms with Crippen molar-refractivity contribution < 1.29 is 4.79 Å². The van der Waals surface area contributed by atoms with Crippen molar-refractivity contribution in [1.29, 1.82) is 0 Å². The zero-order valence-corrected chi connectivity index (χ0v) is 10.9. The molecule has 0 saturated carbocycles. The monoisotopic (exact) mass is 282 g/mol. The first kappa shape index (κ1) is 12.5. The standard InChI is InChI=1S/C11H7BN6OS/c12-11-17-7(5-20-11)10(19)16-6-4-15-18-8(6)9-13-2-1-3-14-9/h1-5H,(H,15,18)(H,16,19). The molecule has 1 amide bonds. The second kappa shape index (κ2) is 5.21. The summed E-state index contributed by atoms with van der Waals surface area (Å²) in [7, 11) is 5.50. The number of carbonyl (C=O) groups is 1. The minimum Gasteiger partial charge on any atom is -0.317 e. The van der Waals surface area contributed by atoms with Crippen LogP contribution in [0.4, 0.5) is 5.69 Å². The minimum atomic E-state index is -0.364. The third-order valence-electron chi connectivity index (χ3n) is 2.43. The zero-order chi connectivity index (χ0) is 13.9. The number of thiazole rings is 1. The smallest absolute Gasteiger partial charge is 0.275 e. The van der Waals surface area contributed by atoms with E-state index < -0.39 is 0 Å². The van der Waals surface area contributed by atoms with Crippen LogP contribution in [0.2, 0.25) is 0 Å². The summed E-state index contributed by atoms with van der Waals surface area (Å²) in [6.45, 7) is 0. The lowest BCUT2D eigenvalue weighted by molar-refractivity contribution is 0.102. The number of anilines is 1. The van der Waals surface area contributed by atoms with Crippen molar-refractivity contribution in [3.05, 3.63) is 35.7 Å². The van der Waals surface area contributed by atoms with Crippen LogP contribution in [0.25, 0.3) is 11.5 Å². The van der Waals surface area contributed by atoms with Crippen molar-refractivity contribution in [3.8, 4) is 11.5 Å². The Balaban J connectivity index is 1.86. The topological polar surface area (TPSA) is 96.5 Å². The molecule has 0 aliphatic rings. The van der Waals surface area contributed by atoms with Crippen LogP contribution >= 0.6 is 11.3 Å². The van der Waals surface area contributed by atoms with E-state index in [1.807, 2.05) is 0 Å². The van der Waals surface area contributed by atoms with Crippen LogP contribution in [-0.2, 0) is 0 Å². The van der Waals surface area contributed by atoms with Crippen LogP contribution in [0.5, 0.6) is 0 Å². The molecule has 0 aliphatic carbocycles. The average molecular weight is 282 g/mol. The van der Waals surface area contributed by atoms with E-state index in [1.54, 1.807) is 23.8 Å². The highest BCUT2D eigenvalue weighted by atomic mass is 32.1. The van der Waals surface area contributed by atoms with Gasteiger partial charge in [0.1, 0.15) is 11.4 Å². The number of aromatic nitrogens is 5. The number of hydrogen-bond acceptors (Lipinski definition) is 6. The molecule has 3 aromatic rings. The van der Waals surface area contributed by atoms with Crippen molar-refractivity contribution >= 4 is 35.7 Å². The van der Waals surface area contributed by atoms with Crippen LogP contribution in [0.1, 0.15) is 10.5 Å². The van der Waals surface area contributed by atoms with Crippen molar-refractivity contribution in [2.24, 2.45) is 0 Å². The van der Waals surface area contributed by atoms with E-state index in [1.165, 1.54) is 17.5 Å². The molecule has 0 fully saturated rings. The normalized spacial score (nSPS) is 10.4. The molecular weight excluding hydrogens is 275 g/mol. The Labute approximate surface area is 118 Å². The lowest BCUT2D eigenvalue weighted by Crippen LogP contribution is -2.14. The summed E-state index contributed by atoms with van der Waals surface area (Å²) < 4.78 is 0. The Bertz CT molecular complexity index is 740. The lowest BCUT2D eigenvalue weighted by atomic mass is 10.2. The molecule has 96 valence electrons. The van der Waals surface area contributed by atoms with Gasteiger partial charge in [0.05, 0.1) is 11.9 Å². The van der Waals surface area contributed by atoms with Crippen molar-refractivity contribution in [1.82, 2.24) is 25.1 Å². The van der Waals surface area contributed by atoms with E-state index in [0.717, 1.165) is 0 Å². The van der Waals surface area contributed by atoms with Gasteiger partial charge >= 0.3 is 0 Å². The van der Waals surface area contributed by atoms with Crippen LogP contribution < -0.4 is 10.2 Å². The van der Waals surface area contributed by atoms with Crippen molar-refractivity contribution in [2.75, 3.05) is 5.32 Å². The van der Waals surface area contributed by atoms with Gasteiger partial charge in [-0.3, -0.25) is 9.89 Å². The molecule has 3 rings (SSSR count). The predicted molar refractivity (Wildman–Crippen MR) is 75.1 cm³/mol. The van der Waals surface area contributed by atoms with Crippen LogP contribution in [0, 0.1) is 0 Å². The number of amides is 1. The van der Waals surface area contributed by atoms with Gasteiger partial charge in [0.2, 0.25) is 0 Å². The molecule has 0 aliphatic heterocycles. The van der Waals surface area contributed by atoms with Gasteiger partial charge in [-0.1, -0.05) is 0 Å². The summed E-state index contributed by atoms with van der Waals surface area (Å²) in [5.41, 5.74) is 1.27. The quantitative estimate of drug-likeness (QED) is 0.676. The minimum absolute atomic E-state index is 0.258. The maximum Gasteiger partial charge on any atom is 0.275 e. The van der Waals surface area contributed by atoms with Crippen LogP contribution in [0.3, 0.4) is 0 Å². The summed E-state index contributed by atoms with van der Waals surface area (Å²) in [5.74, 6) is 0.0784. The fraction of sp³-hybridized carbons (Fsp3) is 0.